The number of aliphatic carboxylic acids is 1. The van der Waals surface area contributed by atoms with Crippen molar-refractivity contribution in [3.05, 3.63) is 54.1 Å². The molecular weight excluding hydrogens is 470 g/mol. The zero-order valence-electron chi connectivity index (χ0n) is 19.4. The lowest BCUT2D eigenvalue weighted by Crippen LogP contribution is -2.48. The SMILES string of the molecule is NCCOc1ccc(NC(=O)[C@H](CC(=O)O)NC(=O)CNC(=O)c2cccc(/N=C(\N)CN)c2)cc1. The quantitative estimate of drug-likeness (QED) is 0.136. The number of carbonyl (C=O) groups is 4. The van der Waals surface area contributed by atoms with Crippen molar-refractivity contribution < 1.29 is 29.0 Å². The van der Waals surface area contributed by atoms with Crippen LogP contribution in [0.4, 0.5) is 11.4 Å². The van der Waals surface area contributed by atoms with Gasteiger partial charge in [-0.15, -0.1) is 0 Å². The number of carbonyl (C=O) groups excluding carboxylic acids is 3. The lowest BCUT2D eigenvalue weighted by Gasteiger charge is -2.17. The molecular formula is C23H29N7O6. The molecule has 0 saturated heterocycles. The fraction of sp³-hybridized carbons (Fsp3) is 0.261. The van der Waals surface area contributed by atoms with E-state index in [0.717, 1.165) is 0 Å². The first-order chi connectivity index (χ1) is 17.2. The molecule has 13 heteroatoms. The smallest absolute Gasteiger partial charge is 0.305 e. The van der Waals surface area contributed by atoms with Crippen LogP contribution in [0.3, 0.4) is 0 Å². The molecule has 0 saturated carbocycles. The van der Waals surface area contributed by atoms with Crippen LogP contribution < -0.4 is 37.9 Å². The molecule has 36 heavy (non-hydrogen) atoms. The van der Waals surface area contributed by atoms with Crippen LogP contribution in [0.5, 0.6) is 5.75 Å². The van der Waals surface area contributed by atoms with E-state index >= 15 is 0 Å². The largest absolute Gasteiger partial charge is 0.492 e. The molecule has 0 heterocycles. The number of anilines is 1. The molecule has 13 nitrogen and oxygen atoms in total. The van der Waals surface area contributed by atoms with Crippen LogP contribution >= 0.6 is 0 Å². The summed E-state index contributed by atoms with van der Waals surface area (Å²) in [6.45, 7) is 0.238. The summed E-state index contributed by atoms with van der Waals surface area (Å²) in [5, 5.41) is 16.4. The highest BCUT2D eigenvalue weighted by Crippen LogP contribution is 2.16. The van der Waals surface area contributed by atoms with E-state index in [9.17, 15) is 19.2 Å². The standard InChI is InChI=1S/C23H29N7O6/c24-8-9-36-17-6-4-15(5-7-17)29-23(35)18(11-21(32)33)30-20(31)13-27-22(34)14-2-1-3-16(10-14)28-19(26)12-25/h1-7,10,18H,8-9,11-13,24-25H2,(H2,26,28)(H,27,34)(H,29,35)(H,30,31)(H,32,33)/t18-/m0/s1. The van der Waals surface area contributed by atoms with Gasteiger partial charge in [0.2, 0.25) is 11.8 Å². The van der Waals surface area contributed by atoms with Gasteiger partial charge in [0.05, 0.1) is 25.2 Å². The van der Waals surface area contributed by atoms with Crippen molar-refractivity contribution in [3.8, 4) is 5.75 Å². The van der Waals surface area contributed by atoms with Crippen molar-refractivity contribution in [3.63, 3.8) is 0 Å². The van der Waals surface area contributed by atoms with Gasteiger partial charge in [-0.2, -0.15) is 0 Å². The molecule has 0 fully saturated rings. The summed E-state index contributed by atoms with van der Waals surface area (Å²) in [7, 11) is 0. The summed E-state index contributed by atoms with van der Waals surface area (Å²) in [5.74, 6) is -2.63. The zero-order chi connectivity index (χ0) is 26.5. The third-order valence-corrected chi connectivity index (χ3v) is 4.54. The molecule has 2 rings (SSSR count). The van der Waals surface area contributed by atoms with Crippen LogP contribution in [0.2, 0.25) is 0 Å². The van der Waals surface area contributed by atoms with Gasteiger partial charge in [-0.25, -0.2) is 4.99 Å². The Balaban J connectivity index is 1.96. The third kappa shape index (κ3) is 9.40. The highest BCUT2D eigenvalue weighted by molar-refractivity contribution is 6.01. The van der Waals surface area contributed by atoms with Crippen molar-refractivity contribution >= 4 is 40.9 Å². The zero-order valence-corrected chi connectivity index (χ0v) is 19.4. The number of rotatable bonds is 13. The summed E-state index contributed by atoms with van der Waals surface area (Å²) >= 11 is 0. The number of nitrogens with two attached hydrogens (primary N) is 3. The van der Waals surface area contributed by atoms with Crippen LogP contribution in [0, 0.1) is 0 Å². The average Bonchev–Trinajstić information content (AvgIpc) is 2.86. The minimum Gasteiger partial charge on any atom is -0.492 e. The van der Waals surface area contributed by atoms with E-state index < -0.39 is 42.7 Å². The van der Waals surface area contributed by atoms with Gasteiger partial charge in [-0.1, -0.05) is 6.07 Å². The van der Waals surface area contributed by atoms with Crippen LogP contribution in [0.25, 0.3) is 0 Å². The maximum Gasteiger partial charge on any atom is 0.305 e. The predicted octanol–water partition coefficient (Wildman–Crippen LogP) is -0.700. The Hall–Kier alpha value is -4.49. The predicted molar refractivity (Wildman–Crippen MR) is 133 cm³/mol. The van der Waals surface area contributed by atoms with Crippen LogP contribution in [0.1, 0.15) is 16.8 Å². The number of aliphatic imine (C=N–C) groups is 1. The molecule has 0 bridgehead atoms. The third-order valence-electron chi connectivity index (χ3n) is 4.54. The number of hydrogen-bond acceptors (Lipinski definition) is 8. The maximum atomic E-state index is 12.6. The van der Waals surface area contributed by atoms with Crippen LogP contribution in [-0.2, 0) is 14.4 Å². The molecule has 0 aromatic heterocycles. The first-order valence-electron chi connectivity index (χ1n) is 10.9. The molecule has 3 amide bonds. The summed E-state index contributed by atoms with van der Waals surface area (Å²) in [5.41, 5.74) is 17.4. The van der Waals surface area contributed by atoms with Gasteiger partial charge in [-0.05, 0) is 42.5 Å². The van der Waals surface area contributed by atoms with Crippen molar-refractivity contribution in [2.45, 2.75) is 12.5 Å². The fourth-order valence-corrected chi connectivity index (χ4v) is 2.86. The number of amides is 3. The van der Waals surface area contributed by atoms with Gasteiger partial charge in [0, 0.05) is 17.8 Å². The van der Waals surface area contributed by atoms with E-state index in [-0.39, 0.29) is 17.9 Å². The normalized spacial score (nSPS) is 11.8. The van der Waals surface area contributed by atoms with Crippen molar-refractivity contribution in [1.82, 2.24) is 10.6 Å². The second kappa shape index (κ2) is 14.0. The first-order valence-corrected chi connectivity index (χ1v) is 10.9. The summed E-state index contributed by atoms with van der Waals surface area (Å²) in [6, 6.07) is 11.1. The first kappa shape index (κ1) is 27.8. The van der Waals surface area contributed by atoms with Gasteiger partial charge in [-0.3, -0.25) is 19.2 Å². The molecule has 10 N–H and O–H groups in total. The Labute approximate surface area is 207 Å². The van der Waals surface area contributed by atoms with Gasteiger partial charge >= 0.3 is 5.97 Å². The average molecular weight is 500 g/mol. The number of benzene rings is 2. The molecule has 0 aliphatic carbocycles. The van der Waals surface area contributed by atoms with E-state index in [0.29, 0.717) is 30.3 Å². The molecule has 192 valence electrons. The minimum atomic E-state index is -1.38. The van der Waals surface area contributed by atoms with Crippen molar-refractivity contribution in [2.75, 3.05) is 31.6 Å². The molecule has 0 spiro atoms. The molecule has 1 atom stereocenters. The van der Waals surface area contributed by atoms with Gasteiger partial charge in [0.25, 0.3) is 5.91 Å². The number of carboxylic acids is 1. The second-order valence-corrected chi connectivity index (χ2v) is 7.41. The summed E-state index contributed by atoms with van der Waals surface area (Å²) in [4.78, 5) is 52.6. The second-order valence-electron chi connectivity index (χ2n) is 7.41. The summed E-state index contributed by atoms with van der Waals surface area (Å²) in [6.07, 6.45) is -0.661. The number of nitrogens with one attached hydrogen (secondary N) is 3. The van der Waals surface area contributed by atoms with E-state index in [1.54, 1.807) is 36.4 Å². The number of ether oxygens (including phenoxy) is 1. The van der Waals surface area contributed by atoms with E-state index in [1.165, 1.54) is 12.1 Å². The van der Waals surface area contributed by atoms with Gasteiger partial charge < -0.3 is 43.0 Å². The van der Waals surface area contributed by atoms with Crippen LogP contribution in [-0.4, -0.2) is 66.9 Å². The van der Waals surface area contributed by atoms with E-state index in [1.807, 2.05) is 0 Å². The molecule has 0 unspecified atom stereocenters. The van der Waals surface area contributed by atoms with Gasteiger partial charge in [0.1, 0.15) is 24.2 Å². The molecule has 0 aliphatic heterocycles. The Kier molecular flexibility index (Phi) is 10.8. The Morgan fingerprint density at radius 1 is 1.06 bits per heavy atom. The molecule has 2 aromatic carbocycles. The molecule has 0 radical (unpaired) electrons. The number of amidine groups is 1. The lowest BCUT2D eigenvalue weighted by molar-refractivity contribution is -0.139. The Morgan fingerprint density at radius 2 is 1.78 bits per heavy atom. The summed E-state index contributed by atoms with van der Waals surface area (Å²) < 4.78 is 5.35. The number of hydrogen-bond donors (Lipinski definition) is 7. The van der Waals surface area contributed by atoms with Crippen molar-refractivity contribution in [1.29, 1.82) is 0 Å². The molecule has 0 aliphatic rings. The highest BCUT2D eigenvalue weighted by Gasteiger charge is 2.24. The topological polar surface area (TPSA) is 224 Å². The van der Waals surface area contributed by atoms with E-state index in [2.05, 4.69) is 20.9 Å². The van der Waals surface area contributed by atoms with Crippen LogP contribution in [0.15, 0.2) is 53.5 Å². The van der Waals surface area contributed by atoms with Gasteiger partial charge in [0.15, 0.2) is 0 Å². The monoisotopic (exact) mass is 499 g/mol. The maximum absolute atomic E-state index is 12.6. The lowest BCUT2D eigenvalue weighted by atomic mass is 10.1. The van der Waals surface area contributed by atoms with E-state index in [4.69, 9.17) is 27.0 Å². The Bertz CT molecular complexity index is 1100. The number of carboxylic acid groups (broad SMARTS) is 1. The minimum absolute atomic E-state index is 0.0518. The fourth-order valence-electron chi connectivity index (χ4n) is 2.86. The Morgan fingerprint density at radius 3 is 2.42 bits per heavy atom. The highest BCUT2D eigenvalue weighted by atomic mass is 16.5. The molecule has 2 aromatic rings. The van der Waals surface area contributed by atoms with Crippen molar-refractivity contribution in [2.24, 2.45) is 22.2 Å². The number of nitrogens with zero attached hydrogens (tertiary/aromatic N) is 1.